The monoisotopic (exact) mass is 445 g/mol. The summed E-state index contributed by atoms with van der Waals surface area (Å²) in [5.41, 5.74) is 0.396. The molecule has 1 heterocycles. The number of urea groups is 1. The molecule has 7 nitrogen and oxygen atoms in total. The van der Waals surface area contributed by atoms with E-state index in [1.807, 2.05) is 60.7 Å². The topological polar surface area (TPSA) is 97.3 Å². The van der Waals surface area contributed by atoms with Gasteiger partial charge in [-0.05, 0) is 29.7 Å². The van der Waals surface area contributed by atoms with E-state index in [9.17, 15) is 14.0 Å². The Kier molecular flexibility index (Phi) is 6.35. The van der Waals surface area contributed by atoms with E-state index in [2.05, 4.69) is 16.0 Å². The van der Waals surface area contributed by atoms with Gasteiger partial charge in [-0.25, -0.2) is 9.18 Å². The molecule has 1 fully saturated rings. The predicted octanol–water partition coefficient (Wildman–Crippen LogP) is 3.65. The summed E-state index contributed by atoms with van der Waals surface area (Å²) in [6, 6.07) is 24.0. The predicted molar refractivity (Wildman–Crippen MR) is 124 cm³/mol. The second-order valence-electron chi connectivity index (χ2n) is 7.63. The summed E-state index contributed by atoms with van der Waals surface area (Å²) in [6.07, 6.45) is 0.417. The fourth-order valence-electron chi connectivity index (χ4n) is 3.92. The van der Waals surface area contributed by atoms with Crippen molar-refractivity contribution < 1.29 is 14.0 Å². The van der Waals surface area contributed by atoms with Gasteiger partial charge in [0, 0.05) is 13.1 Å². The Morgan fingerprint density at radius 2 is 1.52 bits per heavy atom. The first-order valence-corrected chi connectivity index (χ1v) is 10.6. The van der Waals surface area contributed by atoms with Crippen molar-refractivity contribution in [2.45, 2.75) is 12.0 Å². The number of nitrogens with zero attached hydrogens (tertiary/aromatic N) is 1. The van der Waals surface area contributed by atoms with E-state index in [-0.39, 0.29) is 30.6 Å². The van der Waals surface area contributed by atoms with Crippen LogP contribution in [0.15, 0.2) is 84.9 Å². The maximum atomic E-state index is 13.7. The van der Waals surface area contributed by atoms with Gasteiger partial charge in [-0.15, -0.1) is 0 Å². The zero-order chi connectivity index (χ0) is 23.3. The molecule has 0 bridgehead atoms. The van der Waals surface area contributed by atoms with Crippen molar-refractivity contribution in [3.63, 3.8) is 0 Å². The number of guanidine groups is 1. The number of carbonyl (C=O) groups is 2. The molecule has 33 heavy (non-hydrogen) atoms. The molecule has 1 aliphatic heterocycles. The molecule has 3 amide bonds. The second-order valence-corrected chi connectivity index (χ2v) is 7.63. The van der Waals surface area contributed by atoms with Crippen molar-refractivity contribution in [3.05, 3.63) is 102 Å². The highest BCUT2D eigenvalue weighted by Gasteiger charge is 2.51. The number of halogens is 1. The van der Waals surface area contributed by atoms with E-state index in [0.29, 0.717) is 6.42 Å². The van der Waals surface area contributed by atoms with Gasteiger partial charge >= 0.3 is 6.03 Å². The number of rotatable bonds is 7. The van der Waals surface area contributed by atoms with Gasteiger partial charge in [-0.2, -0.15) is 0 Å². The van der Waals surface area contributed by atoms with E-state index in [1.165, 1.54) is 17.0 Å². The van der Waals surface area contributed by atoms with Gasteiger partial charge in [0.15, 0.2) is 11.5 Å². The van der Waals surface area contributed by atoms with Crippen LogP contribution in [0.1, 0.15) is 17.5 Å². The van der Waals surface area contributed by atoms with Crippen LogP contribution in [-0.2, 0) is 10.3 Å². The van der Waals surface area contributed by atoms with Crippen LogP contribution in [0, 0.1) is 11.2 Å². The van der Waals surface area contributed by atoms with Crippen molar-refractivity contribution in [1.82, 2.24) is 15.5 Å². The van der Waals surface area contributed by atoms with Crippen LogP contribution in [0.5, 0.6) is 0 Å². The Balaban J connectivity index is 1.42. The highest BCUT2D eigenvalue weighted by Crippen LogP contribution is 2.35. The standard InChI is InChI=1S/C25H24FN5O2/c26-20-14-7-8-15-21(20)29-24(33)28-16-9-17-31-22(32)25(30-23(31)27,18-10-3-1-4-11-18)19-12-5-2-6-13-19/h1-8,10-15H,9,16-17H2,(H2,27,30)(H2,28,29,33). The van der Waals surface area contributed by atoms with E-state index >= 15 is 0 Å². The van der Waals surface area contributed by atoms with Gasteiger partial charge in [0.2, 0.25) is 0 Å². The Bertz CT molecular complexity index is 1110. The Hall–Kier alpha value is -4.20. The number of carbonyl (C=O) groups excluding carboxylic acids is 2. The molecule has 0 unspecified atom stereocenters. The molecule has 0 atom stereocenters. The van der Waals surface area contributed by atoms with Crippen molar-refractivity contribution in [2.75, 3.05) is 18.4 Å². The lowest BCUT2D eigenvalue weighted by atomic mass is 9.82. The number of para-hydroxylation sites is 1. The van der Waals surface area contributed by atoms with Crippen LogP contribution in [0.2, 0.25) is 0 Å². The Labute approximate surface area is 191 Å². The molecule has 0 aromatic heterocycles. The molecule has 0 aliphatic carbocycles. The fraction of sp³-hybridized carbons (Fsp3) is 0.160. The maximum Gasteiger partial charge on any atom is 0.319 e. The lowest BCUT2D eigenvalue weighted by Crippen LogP contribution is -2.45. The molecule has 3 aromatic carbocycles. The Morgan fingerprint density at radius 3 is 2.12 bits per heavy atom. The van der Waals surface area contributed by atoms with Crippen LogP contribution < -0.4 is 16.0 Å². The zero-order valence-electron chi connectivity index (χ0n) is 17.8. The van der Waals surface area contributed by atoms with Gasteiger partial charge < -0.3 is 16.0 Å². The van der Waals surface area contributed by atoms with Crippen LogP contribution in [0.3, 0.4) is 0 Å². The lowest BCUT2D eigenvalue weighted by molar-refractivity contribution is -0.130. The summed E-state index contributed by atoms with van der Waals surface area (Å²) < 4.78 is 13.7. The van der Waals surface area contributed by atoms with Gasteiger partial charge in [0.1, 0.15) is 5.82 Å². The van der Waals surface area contributed by atoms with Crippen LogP contribution in [0.4, 0.5) is 14.9 Å². The first-order chi connectivity index (χ1) is 16.0. The van der Waals surface area contributed by atoms with Crippen molar-refractivity contribution >= 4 is 23.6 Å². The van der Waals surface area contributed by atoms with Crippen molar-refractivity contribution in [2.24, 2.45) is 0 Å². The van der Waals surface area contributed by atoms with E-state index in [0.717, 1.165) is 11.1 Å². The normalized spacial score (nSPS) is 14.6. The number of amides is 3. The van der Waals surface area contributed by atoms with E-state index in [4.69, 9.17) is 5.41 Å². The van der Waals surface area contributed by atoms with E-state index < -0.39 is 17.4 Å². The molecule has 8 heteroatoms. The van der Waals surface area contributed by atoms with Crippen LogP contribution >= 0.6 is 0 Å². The number of hydrogen-bond donors (Lipinski definition) is 4. The number of benzene rings is 3. The second kappa shape index (κ2) is 9.52. The highest BCUT2D eigenvalue weighted by molar-refractivity contribution is 6.10. The summed E-state index contributed by atoms with van der Waals surface area (Å²) >= 11 is 0. The molecule has 1 aliphatic rings. The lowest BCUT2D eigenvalue weighted by Gasteiger charge is -2.28. The number of hydrogen-bond acceptors (Lipinski definition) is 3. The van der Waals surface area contributed by atoms with Crippen molar-refractivity contribution in [1.29, 1.82) is 5.41 Å². The van der Waals surface area contributed by atoms with Gasteiger partial charge in [-0.1, -0.05) is 72.8 Å². The highest BCUT2D eigenvalue weighted by atomic mass is 19.1. The van der Waals surface area contributed by atoms with Crippen LogP contribution in [-0.4, -0.2) is 35.9 Å². The van der Waals surface area contributed by atoms with Gasteiger partial charge in [-0.3, -0.25) is 15.1 Å². The van der Waals surface area contributed by atoms with Gasteiger partial charge in [0.05, 0.1) is 5.69 Å². The third-order valence-corrected chi connectivity index (χ3v) is 5.52. The van der Waals surface area contributed by atoms with Gasteiger partial charge in [0.25, 0.3) is 5.91 Å². The van der Waals surface area contributed by atoms with Crippen molar-refractivity contribution in [3.8, 4) is 0 Å². The molecule has 3 aromatic rings. The van der Waals surface area contributed by atoms with Crippen LogP contribution in [0.25, 0.3) is 0 Å². The summed E-state index contributed by atoms with van der Waals surface area (Å²) in [7, 11) is 0. The average Bonchev–Trinajstić information content (AvgIpc) is 3.10. The molecule has 4 N–H and O–H groups in total. The summed E-state index contributed by atoms with van der Waals surface area (Å²) in [5, 5.41) is 16.6. The smallest absolute Gasteiger partial charge is 0.319 e. The summed E-state index contributed by atoms with van der Waals surface area (Å²) in [5.74, 6) is -0.766. The largest absolute Gasteiger partial charge is 0.338 e. The minimum Gasteiger partial charge on any atom is -0.338 e. The third kappa shape index (κ3) is 4.41. The summed E-state index contributed by atoms with van der Waals surface area (Å²) in [6.45, 7) is 0.493. The minimum absolute atomic E-state index is 0.00325. The number of anilines is 1. The molecular formula is C25H24FN5O2. The fourth-order valence-corrected chi connectivity index (χ4v) is 3.92. The molecule has 168 valence electrons. The third-order valence-electron chi connectivity index (χ3n) is 5.52. The first kappa shape index (κ1) is 22.0. The average molecular weight is 445 g/mol. The molecular weight excluding hydrogens is 421 g/mol. The molecule has 0 spiro atoms. The zero-order valence-corrected chi connectivity index (χ0v) is 17.8. The quantitative estimate of drug-likeness (QED) is 0.418. The summed E-state index contributed by atoms with van der Waals surface area (Å²) in [4.78, 5) is 27.1. The minimum atomic E-state index is -1.19. The molecule has 1 saturated heterocycles. The molecule has 0 radical (unpaired) electrons. The molecule has 0 saturated carbocycles. The first-order valence-electron chi connectivity index (χ1n) is 10.6. The maximum absolute atomic E-state index is 13.7. The Morgan fingerprint density at radius 1 is 0.939 bits per heavy atom. The van der Waals surface area contributed by atoms with E-state index in [1.54, 1.807) is 12.1 Å². The number of nitrogens with one attached hydrogen (secondary N) is 4. The SMILES string of the molecule is N=C1NC(c2ccccc2)(c2ccccc2)C(=O)N1CCCNC(=O)Nc1ccccc1F. The molecule has 4 rings (SSSR count).